The highest BCUT2D eigenvalue weighted by molar-refractivity contribution is 5.94. The maximum atomic E-state index is 12.3. The Bertz CT molecular complexity index is 495. The molecule has 0 radical (unpaired) electrons. The van der Waals surface area contributed by atoms with Gasteiger partial charge in [-0.1, -0.05) is 6.07 Å². The number of fused-ring (bicyclic) bond motifs is 1. The first kappa shape index (κ1) is 13.6. The van der Waals surface area contributed by atoms with Crippen molar-refractivity contribution in [3.05, 3.63) is 34.9 Å². The van der Waals surface area contributed by atoms with Crippen molar-refractivity contribution < 1.29 is 9.53 Å². The molecule has 1 fully saturated rings. The van der Waals surface area contributed by atoms with E-state index in [0.29, 0.717) is 5.92 Å². The predicted molar refractivity (Wildman–Crippen MR) is 77.7 cm³/mol. The van der Waals surface area contributed by atoms with Crippen molar-refractivity contribution >= 4 is 5.91 Å². The van der Waals surface area contributed by atoms with Crippen molar-refractivity contribution in [3.8, 4) is 0 Å². The van der Waals surface area contributed by atoms with Crippen LogP contribution in [-0.4, -0.2) is 31.7 Å². The third-order valence-corrected chi connectivity index (χ3v) is 4.39. The van der Waals surface area contributed by atoms with Crippen LogP contribution in [-0.2, 0) is 17.7 Å². The smallest absolute Gasteiger partial charge is 0.251 e. The van der Waals surface area contributed by atoms with Crippen molar-refractivity contribution in [3.63, 3.8) is 0 Å². The first-order valence-electron chi connectivity index (χ1n) is 7.45. The lowest BCUT2D eigenvalue weighted by atomic mass is 9.97. The highest BCUT2D eigenvalue weighted by Crippen LogP contribution is 2.18. The molecule has 1 amide bonds. The van der Waals surface area contributed by atoms with Gasteiger partial charge in [-0.2, -0.15) is 0 Å². The second-order valence-electron chi connectivity index (χ2n) is 5.80. The van der Waals surface area contributed by atoms with Crippen LogP contribution in [0.5, 0.6) is 0 Å². The van der Waals surface area contributed by atoms with Crippen LogP contribution in [0.25, 0.3) is 0 Å². The van der Waals surface area contributed by atoms with Crippen LogP contribution in [0.4, 0.5) is 0 Å². The van der Waals surface area contributed by atoms with E-state index in [0.717, 1.165) is 44.7 Å². The van der Waals surface area contributed by atoms with Gasteiger partial charge in [-0.3, -0.25) is 4.79 Å². The van der Waals surface area contributed by atoms with Gasteiger partial charge >= 0.3 is 0 Å². The van der Waals surface area contributed by atoms with Crippen LogP contribution in [0, 0.1) is 5.92 Å². The Morgan fingerprint density at radius 1 is 1.45 bits per heavy atom. The molecule has 2 N–H and O–H groups in total. The van der Waals surface area contributed by atoms with Crippen LogP contribution >= 0.6 is 0 Å². The van der Waals surface area contributed by atoms with E-state index in [1.807, 2.05) is 12.1 Å². The molecule has 2 aliphatic heterocycles. The summed E-state index contributed by atoms with van der Waals surface area (Å²) in [7, 11) is 0. The van der Waals surface area contributed by atoms with Crippen molar-refractivity contribution in [1.29, 1.82) is 0 Å². The Morgan fingerprint density at radius 3 is 3.15 bits per heavy atom. The summed E-state index contributed by atoms with van der Waals surface area (Å²) in [5, 5.41) is 6.45. The highest BCUT2D eigenvalue weighted by Gasteiger charge is 2.24. The zero-order valence-corrected chi connectivity index (χ0v) is 11.9. The Morgan fingerprint density at radius 2 is 2.35 bits per heavy atom. The third-order valence-electron chi connectivity index (χ3n) is 4.39. The number of hydrogen-bond donors (Lipinski definition) is 2. The SMILES string of the molecule is CC(NC(=O)c1ccc2c(c1)CNCC2)C1CCOC1. The van der Waals surface area contributed by atoms with E-state index in [2.05, 4.69) is 23.6 Å². The summed E-state index contributed by atoms with van der Waals surface area (Å²) >= 11 is 0. The molecule has 0 saturated carbocycles. The quantitative estimate of drug-likeness (QED) is 0.878. The lowest BCUT2D eigenvalue weighted by Gasteiger charge is -2.21. The minimum atomic E-state index is 0.0257. The van der Waals surface area contributed by atoms with E-state index in [9.17, 15) is 4.79 Å². The van der Waals surface area contributed by atoms with E-state index in [4.69, 9.17) is 4.74 Å². The summed E-state index contributed by atoms with van der Waals surface area (Å²) in [6.45, 7) is 5.53. The fourth-order valence-electron chi connectivity index (χ4n) is 2.98. The molecule has 2 aliphatic rings. The van der Waals surface area contributed by atoms with E-state index < -0.39 is 0 Å². The molecule has 0 bridgehead atoms. The second-order valence-corrected chi connectivity index (χ2v) is 5.80. The monoisotopic (exact) mass is 274 g/mol. The molecule has 1 aromatic rings. The number of rotatable bonds is 3. The molecule has 4 nitrogen and oxygen atoms in total. The van der Waals surface area contributed by atoms with E-state index in [1.54, 1.807) is 0 Å². The maximum Gasteiger partial charge on any atom is 0.251 e. The molecule has 4 heteroatoms. The largest absolute Gasteiger partial charge is 0.381 e. The van der Waals surface area contributed by atoms with E-state index in [-0.39, 0.29) is 11.9 Å². The third kappa shape index (κ3) is 2.86. The minimum absolute atomic E-state index is 0.0257. The van der Waals surface area contributed by atoms with Gasteiger partial charge in [0.25, 0.3) is 5.91 Å². The Hall–Kier alpha value is -1.39. The van der Waals surface area contributed by atoms with Gasteiger partial charge in [-0.15, -0.1) is 0 Å². The average molecular weight is 274 g/mol. The molecule has 20 heavy (non-hydrogen) atoms. The summed E-state index contributed by atoms with van der Waals surface area (Å²) in [6, 6.07) is 6.22. The van der Waals surface area contributed by atoms with Gasteiger partial charge in [0, 0.05) is 30.7 Å². The Balaban J connectivity index is 1.67. The fraction of sp³-hybridized carbons (Fsp3) is 0.562. The molecule has 1 aromatic carbocycles. The molecule has 3 rings (SSSR count). The van der Waals surface area contributed by atoms with Gasteiger partial charge < -0.3 is 15.4 Å². The summed E-state index contributed by atoms with van der Waals surface area (Å²) in [5.41, 5.74) is 3.37. The van der Waals surface area contributed by atoms with Gasteiger partial charge in [-0.25, -0.2) is 0 Å². The molecule has 2 heterocycles. The van der Waals surface area contributed by atoms with Crippen LogP contribution in [0.3, 0.4) is 0 Å². The van der Waals surface area contributed by atoms with Gasteiger partial charge in [0.05, 0.1) is 6.61 Å². The molecular formula is C16H22N2O2. The zero-order chi connectivity index (χ0) is 13.9. The topological polar surface area (TPSA) is 50.4 Å². The van der Waals surface area contributed by atoms with Crippen molar-refractivity contribution in [2.45, 2.75) is 32.4 Å². The minimum Gasteiger partial charge on any atom is -0.381 e. The number of nitrogens with one attached hydrogen (secondary N) is 2. The first-order chi connectivity index (χ1) is 9.74. The summed E-state index contributed by atoms with van der Waals surface area (Å²) in [6.07, 6.45) is 2.09. The number of ether oxygens (including phenoxy) is 1. The Kier molecular flexibility index (Phi) is 4.03. The van der Waals surface area contributed by atoms with E-state index >= 15 is 0 Å². The molecule has 108 valence electrons. The normalized spacial score (nSPS) is 23.1. The molecule has 0 aromatic heterocycles. The highest BCUT2D eigenvalue weighted by atomic mass is 16.5. The van der Waals surface area contributed by atoms with Crippen LogP contribution < -0.4 is 10.6 Å². The first-order valence-corrected chi connectivity index (χ1v) is 7.45. The van der Waals surface area contributed by atoms with Crippen molar-refractivity contribution in [2.75, 3.05) is 19.8 Å². The average Bonchev–Trinajstić information content (AvgIpc) is 3.01. The summed E-state index contributed by atoms with van der Waals surface area (Å²) < 4.78 is 5.38. The van der Waals surface area contributed by atoms with Crippen LogP contribution in [0.15, 0.2) is 18.2 Å². The van der Waals surface area contributed by atoms with Gasteiger partial charge in [0.2, 0.25) is 0 Å². The van der Waals surface area contributed by atoms with Gasteiger partial charge in [0.15, 0.2) is 0 Å². The standard InChI is InChI=1S/C16H22N2O2/c1-11(14-5-7-20-10-14)18-16(19)13-3-2-12-4-6-17-9-15(12)8-13/h2-3,8,11,14,17H,4-7,9-10H2,1H3,(H,18,19). The molecule has 0 spiro atoms. The number of amides is 1. The Labute approximate surface area is 119 Å². The lowest BCUT2D eigenvalue weighted by molar-refractivity contribution is 0.0922. The number of carbonyl (C=O) groups is 1. The fourth-order valence-corrected chi connectivity index (χ4v) is 2.98. The number of hydrogen-bond acceptors (Lipinski definition) is 3. The number of benzene rings is 1. The second kappa shape index (κ2) is 5.94. The predicted octanol–water partition coefficient (Wildman–Crippen LogP) is 1.49. The maximum absolute atomic E-state index is 12.3. The summed E-state index contributed by atoms with van der Waals surface area (Å²) in [4.78, 5) is 12.3. The molecule has 0 aliphatic carbocycles. The zero-order valence-electron chi connectivity index (χ0n) is 11.9. The molecule has 1 saturated heterocycles. The van der Waals surface area contributed by atoms with Crippen molar-refractivity contribution in [1.82, 2.24) is 10.6 Å². The van der Waals surface area contributed by atoms with Crippen molar-refractivity contribution in [2.24, 2.45) is 5.92 Å². The van der Waals surface area contributed by atoms with Gasteiger partial charge in [-0.05, 0) is 49.6 Å². The van der Waals surface area contributed by atoms with E-state index in [1.165, 1.54) is 11.1 Å². The van der Waals surface area contributed by atoms with Gasteiger partial charge in [0.1, 0.15) is 0 Å². The molecular weight excluding hydrogens is 252 g/mol. The van der Waals surface area contributed by atoms with Crippen LogP contribution in [0.1, 0.15) is 34.8 Å². The lowest BCUT2D eigenvalue weighted by Crippen LogP contribution is -2.38. The number of carbonyl (C=O) groups excluding carboxylic acids is 1. The summed E-state index contributed by atoms with van der Waals surface area (Å²) in [5.74, 6) is 0.469. The molecule has 2 unspecified atom stereocenters. The van der Waals surface area contributed by atoms with Crippen LogP contribution in [0.2, 0.25) is 0 Å². The molecule has 2 atom stereocenters.